The van der Waals surface area contributed by atoms with E-state index in [0.717, 1.165) is 28.1 Å². The minimum atomic E-state index is -0.274. The predicted octanol–water partition coefficient (Wildman–Crippen LogP) is 6.39. The van der Waals surface area contributed by atoms with E-state index in [9.17, 15) is 4.79 Å². The number of hydrogen-bond acceptors (Lipinski definition) is 5. The lowest BCUT2D eigenvalue weighted by Crippen LogP contribution is -2.24. The Labute approximate surface area is 182 Å². The number of aryl methyl sites for hydroxylation is 2. The molecule has 0 spiro atoms. The van der Waals surface area contributed by atoms with Gasteiger partial charge < -0.3 is 5.32 Å². The number of amides is 1. The molecule has 0 radical (unpaired) electrons. The Morgan fingerprint density at radius 1 is 1.29 bits per heavy atom. The lowest BCUT2D eigenvalue weighted by molar-refractivity contribution is -0.115. The van der Waals surface area contributed by atoms with Crippen LogP contribution in [-0.2, 0) is 17.6 Å². The monoisotopic (exact) mass is 451 g/mol. The molecule has 3 aromatic rings. The topological polar surface area (TPSA) is 54.9 Å². The van der Waals surface area contributed by atoms with E-state index in [1.54, 1.807) is 35.9 Å². The second-order valence-electron chi connectivity index (χ2n) is 6.70. The zero-order chi connectivity index (χ0) is 19.7. The second kappa shape index (κ2) is 8.57. The first kappa shape index (κ1) is 20.0. The molecule has 2 aromatic heterocycles. The largest absolute Gasteiger partial charge is 0.324 e. The number of halogens is 2. The number of benzene rings is 1. The van der Waals surface area contributed by atoms with Crippen molar-refractivity contribution in [3.63, 3.8) is 0 Å². The molecular weight excluding hydrogens is 433 g/mol. The highest BCUT2D eigenvalue weighted by atomic mass is 35.5. The molecule has 1 N–H and O–H groups in total. The van der Waals surface area contributed by atoms with Crippen LogP contribution in [0.2, 0.25) is 10.0 Å². The summed E-state index contributed by atoms with van der Waals surface area (Å²) in [4.78, 5) is 24.3. The first-order valence-corrected chi connectivity index (χ1v) is 11.7. The minimum absolute atomic E-state index is 0.0902. The summed E-state index contributed by atoms with van der Waals surface area (Å²) in [5.74, 6) is -0.0902. The van der Waals surface area contributed by atoms with E-state index in [2.05, 4.69) is 15.3 Å². The van der Waals surface area contributed by atoms with Crippen LogP contribution in [0.5, 0.6) is 0 Å². The fourth-order valence-electron chi connectivity index (χ4n) is 3.41. The summed E-state index contributed by atoms with van der Waals surface area (Å²) < 4.78 is 0. The molecule has 1 atom stereocenters. The summed E-state index contributed by atoms with van der Waals surface area (Å²) in [6.45, 7) is 2.00. The van der Waals surface area contributed by atoms with Crippen LogP contribution in [0.3, 0.4) is 0 Å². The molecule has 1 aliphatic carbocycles. The van der Waals surface area contributed by atoms with Crippen LogP contribution in [0.25, 0.3) is 10.2 Å². The molecule has 4 nitrogen and oxygen atoms in total. The normalized spacial score (nSPS) is 14.7. The van der Waals surface area contributed by atoms with Crippen LogP contribution >= 0.6 is 46.3 Å². The maximum absolute atomic E-state index is 12.9. The molecule has 146 valence electrons. The number of nitrogens with one attached hydrogen (secondary N) is 1. The highest BCUT2D eigenvalue weighted by molar-refractivity contribution is 8.00. The number of rotatable bonds is 5. The summed E-state index contributed by atoms with van der Waals surface area (Å²) in [6.07, 6.45) is 6.90. The Morgan fingerprint density at radius 2 is 2.11 bits per heavy atom. The fraction of sp³-hybridized carbons (Fsp3) is 0.350. The first-order valence-electron chi connectivity index (χ1n) is 9.24. The third-order valence-corrected chi connectivity index (χ3v) is 7.94. The van der Waals surface area contributed by atoms with E-state index in [1.807, 2.05) is 6.92 Å². The molecule has 0 aliphatic heterocycles. The van der Waals surface area contributed by atoms with Crippen molar-refractivity contribution < 1.29 is 4.79 Å². The molecule has 0 saturated carbocycles. The molecule has 0 bridgehead atoms. The zero-order valence-electron chi connectivity index (χ0n) is 15.3. The summed E-state index contributed by atoms with van der Waals surface area (Å²) >= 11 is 15.4. The molecule has 28 heavy (non-hydrogen) atoms. The lowest BCUT2D eigenvalue weighted by Gasteiger charge is -2.16. The number of carbonyl (C=O) groups excluding carboxylic acids is 1. The number of nitrogens with zero attached hydrogens (tertiary/aromatic N) is 2. The van der Waals surface area contributed by atoms with Crippen molar-refractivity contribution in [2.24, 2.45) is 0 Å². The van der Waals surface area contributed by atoms with Gasteiger partial charge in [-0.2, -0.15) is 0 Å². The number of aromatic nitrogens is 2. The van der Waals surface area contributed by atoms with Gasteiger partial charge in [0.15, 0.2) is 0 Å². The Morgan fingerprint density at radius 3 is 2.89 bits per heavy atom. The van der Waals surface area contributed by atoms with Gasteiger partial charge in [0, 0.05) is 15.3 Å². The highest BCUT2D eigenvalue weighted by Crippen LogP contribution is 2.40. The summed E-state index contributed by atoms with van der Waals surface area (Å²) in [5.41, 5.74) is 1.95. The van der Waals surface area contributed by atoms with E-state index in [0.29, 0.717) is 22.2 Å². The van der Waals surface area contributed by atoms with Crippen LogP contribution in [-0.4, -0.2) is 21.1 Å². The Hall–Kier alpha value is -1.34. The van der Waals surface area contributed by atoms with Gasteiger partial charge in [-0.3, -0.25) is 4.79 Å². The number of thioether (sulfide) groups is 1. The maximum atomic E-state index is 12.9. The van der Waals surface area contributed by atoms with Gasteiger partial charge in [-0.1, -0.05) is 41.9 Å². The van der Waals surface area contributed by atoms with Crippen molar-refractivity contribution in [1.29, 1.82) is 0 Å². The van der Waals surface area contributed by atoms with E-state index < -0.39 is 0 Å². The molecular formula is C20H19Cl2N3OS2. The summed E-state index contributed by atoms with van der Waals surface area (Å²) in [5, 5.41) is 5.65. The Bertz CT molecular complexity index is 1040. The number of anilines is 1. The quantitative estimate of drug-likeness (QED) is 0.360. The number of hydrogen-bond donors (Lipinski definition) is 1. The lowest BCUT2D eigenvalue weighted by atomic mass is 9.97. The van der Waals surface area contributed by atoms with Crippen molar-refractivity contribution in [2.75, 3.05) is 5.32 Å². The van der Waals surface area contributed by atoms with E-state index >= 15 is 0 Å². The van der Waals surface area contributed by atoms with Crippen LogP contribution in [0, 0.1) is 0 Å². The van der Waals surface area contributed by atoms with Gasteiger partial charge >= 0.3 is 0 Å². The highest BCUT2D eigenvalue weighted by Gasteiger charge is 2.24. The van der Waals surface area contributed by atoms with Gasteiger partial charge in [0.05, 0.1) is 16.0 Å². The van der Waals surface area contributed by atoms with Crippen molar-refractivity contribution in [3.05, 3.63) is 45.0 Å². The van der Waals surface area contributed by atoms with Crippen LogP contribution < -0.4 is 5.32 Å². The van der Waals surface area contributed by atoms with Gasteiger partial charge in [0.1, 0.15) is 16.2 Å². The molecule has 8 heteroatoms. The van der Waals surface area contributed by atoms with Gasteiger partial charge in [0.2, 0.25) is 5.91 Å². The van der Waals surface area contributed by atoms with Gasteiger partial charge in [-0.25, -0.2) is 9.97 Å². The molecule has 2 heterocycles. The van der Waals surface area contributed by atoms with Crippen LogP contribution in [0.4, 0.5) is 5.69 Å². The van der Waals surface area contributed by atoms with Crippen molar-refractivity contribution >= 4 is 68.1 Å². The summed E-state index contributed by atoms with van der Waals surface area (Å²) in [6, 6.07) is 5.05. The third kappa shape index (κ3) is 4.01. The standard InChI is InChI=1S/C20H19Cl2N3OS2/c1-2-15(18(26)25-14-8-7-11(21)9-13(14)22)27-19-17-12-5-3-4-6-16(12)28-20(17)24-10-23-19/h7-10,15H,2-6H2,1H3,(H,25,26). The van der Waals surface area contributed by atoms with Crippen molar-refractivity contribution in [1.82, 2.24) is 9.97 Å². The van der Waals surface area contributed by atoms with E-state index in [-0.39, 0.29) is 11.2 Å². The third-order valence-electron chi connectivity index (χ3n) is 4.82. The molecule has 0 saturated heterocycles. The first-order chi connectivity index (χ1) is 13.6. The molecule has 4 rings (SSSR count). The smallest absolute Gasteiger partial charge is 0.237 e. The Kier molecular flexibility index (Phi) is 6.11. The Balaban J connectivity index is 1.60. The molecule has 0 fully saturated rings. The van der Waals surface area contributed by atoms with Crippen molar-refractivity contribution in [3.8, 4) is 0 Å². The number of carbonyl (C=O) groups is 1. The van der Waals surface area contributed by atoms with Crippen LogP contribution in [0.1, 0.15) is 36.6 Å². The SMILES string of the molecule is CCC(Sc1ncnc2sc3c(c12)CCCC3)C(=O)Nc1ccc(Cl)cc1Cl. The average Bonchev–Trinajstić information content (AvgIpc) is 3.07. The maximum Gasteiger partial charge on any atom is 0.237 e. The number of thiophene rings is 1. The minimum Gasteiger partial charge on any atom is -0.324 e. The molecule has 1 unspecified atom stereocenters. The van der Waals surface area contributed by atoms with E-state index in [1.165, 1.54) is 35.0 Å². The predicted molar refractivity (Wildman–Crippen MR) is 119 cm³/mol. The van der Waals surface area contributed by atoms with E-state index in [4.69, 9.17) is 23.2 Å². The van der Waals surface area contributed by atoms with Gasteiger partial charge in [0.25, 0.3) is 0 Å². The molecule has 1 aromatic carbocycles. The second-order valence-corrected chi connectivity index (χ2v) is 9.82. The number of fused-ring (bicyclic) bond motifs is 3. The summed E-state index contributed by atoms with van der Waals surface area (Å²) in [7, 11) is 0. The van der Waals surface area contributed by atoms with Crippen LogP contribution in [0.15, 0.2) is 29.6 Å². The fourth-order valence-corrected chi connectivity index (χ4v) is 6.21. The van der Waals surface area contributed by atoms with Gasteiger partial charge in [-0.15, -0.1) is 11.3 Å². The molecule has 1 amide bonds. The average molecular weight is 452 g/mol. The van der Waals surface area contributed by atoms with Crippen molar-refractivity contribution in [2.45, 2.75) is 49.3 Å². The molecule has 1 aliphatic rings. The van der Waals surface area contributed by atoms with Gasteiger partial charge in [-0.05, 0) is 55.9 Å². The zero-order valence-corrected chi connectivity index (χ0v) is 18.4.